The van der Waals surface area contributed by atoms with Crippen LogP contribution in [0.4, 0.5) is 5.69 Å². The number of amides is 1. The molecular weight excluding hydrogens is 382 g/mol. The van der Waals surface area contributed by atoms with Gasteiger partial charge in [-0.3, -0.25) is 9.10 Å². The van der Waals surface area contributed by atoms with E-state index in [4.69, 9.17) is 9.26 Å². The Bertz CT molecular complexity index is 971. The van der Waals surface area contributed by atoms with Crippen molar-refractivity contribution in [3.05, 3.63) is 47.3 Å². The van der Waals surface area contributed by atoms with E-state index in [-0.39, 0.29) is 24.8 Å². The number of aromatic nitrogens is 1. The maximum absolute atomic E-state index is 13.3. The summed E-state index contributed by atoms with van der Waals surface area (Å²) in [5, 5.41) is 3.17. The minimum atomic E-state index is -3.55. The van der Waals surface area contributed by atoms with E-state index in [9.17, 15) is 13.2 Å². The molecule has 0 unspecified atom stereocenters. The van der Waals surface area contributed by atoms with Crippen LogP contribution in [0.1, 0.15) is 34.7 Å². The van der Waals surface area contributed by atoms with Crippen LogP contribution in [0.2, 0.25) is 0 Å². The Morgan fingerprint density at radius 3 is 2.96 bits per heavy atom. The molecule has 8 nitrogen and oxygen atoms in total. The summed E-state index contributed by atoms with van der Waals surface area (Å²) in [5.41, 5.74) is 1.98. The van der Waals surface area contributed by atoms with Crippen molar-refractivity contribution in [1.29, 1.82) is 0 Å². The Morgan fingerprint density at radius 2 is 2.14 bits per heavy atom. The number of rotatable bonds is 5. The highest BCUT2D eigenvalue weighted by molar-refractivity contribution is 7.93. The molecule has 1 fully saturated rings. The van der Waals surface area contributed by atoms with Crippen LogP contribution in [0.5, 0.6) is 0 Å². The van der Waals surface area contributed by atoms with Gasteiger partial charge in [-0.2, -0.15) is 0 Å². The molecule has 0 saturated carbocycles. The zero-order valence-corrected chi connectivity index (χ0v) is 16.5. The quantitative estimate of drug-likeness (QED) is 0.753. The van der Waals surface area contributed by atoms with Gasteiger partial charge in [-0.25, -0.2) is 8.42 Å². The van der Waals surface area contributed by atoms with E-state index >= 15 is 0 Å². The molecular formula is C19H23N3O5S. The summed E-state index contributed by atoms with van der Waals surface area (Å²) in [6.07, 6.45) is 1.89. The third-order valence-corrected chi connectivity index (χ3v) is 7.52. The van der Waals surface area contributed by atoms with Gasteiger partial charge in [0.15, 0.2) is 11.5 Å². The van der Waals surface area contributed by atoms with Gasteiger partial charge in [-0.15, -0.1) is 0 Å². The molecule has 4 rings (SSSR count). The van der Waals surface area contributed by atoms with Crippen molar-refractivity contribution in [2.45, 2.75) is 31.1 Å². The van der Waals surface area contributed by atoms with Crippen LogP contribution in [0.15, 0.2) is 34.9 Å². The number of anilines is 1. The molecule has 0 bridgehead atoms. The first-order chi connectivity index (χ1) is 13.5. The maximum atomic E-state index is 13.3. The minimum Gasteiger partial charge on any atom is -0.377 e. The summed E-state index contributed by atoms with van der Waals surface area (Å²) in [7, 11) is -2.02. The molecule has 150 valence electrons. The lowest BCUT2D eigenvalue weighted by molar-refractivity contribution is 0.0716. The van der Waals surface area contributed by atoms with E-state index in [1.807, 2.05) is 24.3 Å². The number of hydrogen-bond donors (Lipinski definition) is 0. The Hall–Kier alpha value is -2.39. The van der Waals surface area contributed by atoms with E-state index in [0.29, 0.717) is 38.1 Å². The summed E-state index contributed by atoms with van der Waals surface area (Å²) in [6.45, 7) is 1.35. The number of carbonyl (C=O) groups excluding carboxylic acids is 1. The first kappa shape index (κ1) is 18.9. The summed E-state index contributed by atoms with van der Waals surface area (Å²) in [4.78, 5) is 14.3. The fourth-order valence-corrected chi connectivity index (χ4v) is 5.89. The number of hydrogen-bond acceptors (Lipinski definition) is 6. The SMILES string of the molecule is COCc1cc(C(=O)N2CCC[C@@H](S(=O)(=O)N3CCc4ccccc43)C2)no1. The number of piperidine rings is 1. The second-order valence-corrected chi connectivity index (χ2v) is 9.26. The molecule has 3 heterocycles. The molecule has 28 heavy (non-hydrogen) atoms. The molecule has 2 aromatic rings. The van der Waals surface area contributed by atoms with E-state index < -0.39 is 15.3 Å². The van der Waals surface area contributed by atoms with Gasteiger partial charge >= 0.3 is 0 Å². The van der Waals surface area contributed by atoms with Gasteiger partial charge in [-0.1, -0.05) is 23.4 Å². The first-order valence-corrected chi connectivity index (χ1v) is 10.8. The zero-order chi connectivity index (χ0) is 19.7. The van der Waals surface area contributed by atoms with Gasteiger partial charge in [0.2, 0.25) is 10.0 Å². The lowest BCUT2D eigenvalue weighted by Gasteiger charge is -2.34. The second kappa shape index (κ2) is 7.56. The molecule has 0 aliphatic carbocycles. The topological polar surface area (TPSA) is 93.0 Å². The zero-order valence-electron chi connectivity index (χ0n) is 15.7. The van der Waals surface area contributed by atoms with Crippen LogP contribution in [0, 0.1) is 0 Å². The number of ether oxygens (including phenoxy) is 1. The van der Waals surface area contributed by atoms with E-state index in [1.165, 1.54) is 11.4 Å². The predicted molar refractivity (Wildman–Crippen MR) is 103 cm³/mol. The Labute approximate surface area is 164 Å². The van der Waals surface area contributed by atoms with Crippen LogP contribution in [-0.4, -0.2) is 56.4 Å². The number of sulfonamides is 1. The predicted octanol–water partition coefficient (Wildman–Crippen LogP) is 1.82. The Kier molecular flexibility index (Phi) is 5.11. The number of fused-ring (bicyclic) bond motifs is 1. The second-order valence-electron chi connectivity index (χ2n) is 7.12. The van der Waals surface area contributed by atoms with Gasteiger partial charge in [0.05, 0.1) is 10.9 Å². The number of carbonyl (C=O) groups is 1. The molecule has 1 aromatic carbocycles. The van der Waals surface area contributed by atoms with E-state index in [0.717, 1.165) is 11.3 Å². The number of nitrogens with zero attached hydrogens (tertiary/aromatic N) is 3. The normalized spacial score (nSPS) is 19.7. The molecule has 2 aliphatic heterocycles. The van der Waals surface area contributed by atoms with E-state index in [1.54, 1.807) is 11.0 Å². The monoisotopic (exact) mass is 405 g/mol. The van der Waals surface area contributed by atoms with Crippen molar-refractivity contribution in [1.82, 2.24) is 10.1 Å². The third-order valence-electron chi connectivity index (χ3n) is 5.30. The standard InChI is InChI=1S/C19H23N3O5S/c1-26-13-15-11-17(20-27-15)19(23)21-9-4-6-16(12-21)28(24,25)22-10-8-14-5-2-3-7-18(14)22/h2-3,5,7,11,16H,4,6,8-10,12-13H2,1H3/t16-/m1/s1. The number of likely N-dealkylation sites (tertiary alicyclic amines) is 1. The van der Waals surface area contributed by atoms with Crippen molar-refractivity contribution in [2.75, 3.05) is 31.0 Å². The lowest BCUT2D eigenvalue weighted by Crippen LogP contribution is -2.49. The Balaban J connectivity index is 1.51. The van der Waals surface area contributed by atoms with Gasteiger partial charge in [-0.05, 0) is 30.9 Å². The highest BCUT2D eigenvalue weighted by Crippen LogP contribution is 2.33. The largest absolute Gasteiger partial charge is 0.377 e. The number of para-hydroxylation sites is 1. The summed E-state index contributed by atoms with van der Waals surface area (Å²) in [5.74, 6) is 0.147. The van der Waals surface area contributed by atoms with Crippen LogP contribution in [0.25, 0.3) is 0 Å². The number of benzene rings is 1. The fourth-order valence-electron chi connectivity index (χ4n) is 3.90. The van der Waals surface area contributed by atoms with Crippen LogP contribution >= 0.6 is 0 Å². The van der Waals surface area contributed by atoms with Crippen molar-refractivity contribution < 1.29 is 22.5 Å². The average molecular weight is 405 g/mol. The molecule has 1 aromatic heterocycles. The Morgan fingerprint density at radius 1 is 1.32 bits per heavy atom. The summed E-state index contributed by atoms with van der Waals surface area (Å²) in [6, 6.07) is 9.13. The molecule has 9 heteroatoms. The smallest absolute Gasteiger partial charge is 0.276 e. The molecule has 1 amide bonds. The fraction of sp³-hybridized carbons (Fsp3) is 0.474. The van der Waals surface area contributed by atoms with Crippen LogP contribution in [0.3, 0.4) is 0 Å². The molecule has 0 N–H and O–H groups in total. The molecule has 2 aliphatic rings. The molecule has 1 atom stereocenters. The maximum Gasteiger partial charge on any atom is 0.276 e. The van der Waals surface area contributed by atoms with Crippen molar-refractivity contribution in [3.63, 3.8) is 0 Å². The van der Waals surface area contributed by atoms with Crippen molar-refractivity contribution in [3.8, 4) is 0 Å². The average Bonchev–Trinajstić information content (AvgIpc) is 3.35. The minimum absolute atomic E-state index is 0.159. The molecule has 1 saturated heterocycles. The number of methoxy groups -OCH3 is 1. The molecule has 0 spiro atoms. The summed E-state index contributed by atoms with van der Waals surface area (Å²) >= 11 is 0. The van der Waals surface area contributed by atoms with Crippen molar-refractivity contribution >= 4 is 21.6 Å². The highest BCUT2D eigenvalue weighted by atomic mass is 32.2. The van der Waals surface area contributed by atoms with E-state index in [2.05, 4.69) is 5.16 Å². The van der Waals surface area contributed by atoms with Gasteiger partial charge in [0.25, 0.3) is 5.91 Å². The highest BCUT2D eigenvalue weighted by Gasteiger charge is 2.39. The summed E-state index contributed by atoms with van der Waals surface area (Å²) < 4.78 is 38.1. The van der Waals surface area contributed by atoms with Crippen LogP contribution in [-0.2, 0) is 27.8 Å². The van der Waals surface area contributed by atoms with Crippen LogP contribution < -0.4 is 4.31 Å². The third kappa shape index (κ3) is 3.40. The van der Waals surface area contributed by atoms with Gasteiger partial charge in [0, 0.05) is 32.8 Å². The molecule has 0 radical (unpaired) electrons. The first-order valence-electron chi connectivity index (χ1n) is 9.34. The van der Waals surface area contributed by atoms with Gasteiger partial charge in [0.1, 0.15) is 6.61 Å². The lowest BCUT2D eigenvalue weighted by atomic mass is 10.1. The van der Waals surface area contributed by atoms with Gasteiger partial charge < -0.3 is 14.2 Å². The van der Waals surface area contributed by atoms with Crippen molar-refractivity contribution in [2.24, 2.45) is 0 Å².